The second-order valence-corrected chi connectivity index (χ2v) is 6.97. The van der Waals surface area contributed by atoms with E-state index in [0.717, 1.165) is 19.3 Å². The summed E-state index contributed by atoms with van der Waals surface area (Å²) in [6, 6.07) is 3.22. The highest BCUT2D eigenvalue weighted by Gasteiger charge is 2.43. The zero-order valence-corrected chi connectivity index (χ0v) is 14.7. The van der Waals surface area contributed by atoms with Gasteiger partial charge in [-0.05, 0) is 44.7 Å². The number of fused-ring (bicyclic) bond motifs is 3. The first-order valence-electron chi connectivity index (χ1n) is 8.61. The number of nitrogen functional groups attached to an aromatic ring is 1. The van der Waals surface area contributed by atoms with E-state index in [9.17, 15) is 9.59 Å². The number of amides is 1. The van der Waals surface area contributed by atoms with Crippen LogP contribution in [-0.2, 0) is 0 Å². The number of piperidine rings is 1. The molecule has 1 amide bonds. The van der Waals surface area contributed by atoms with Crippen molar-refractivity contribution in [3.8, 4) is 0 Å². The van der Waals surface area contributed by atoms with E-state index in [1.165, 1.54) is 11.0 Å². The van der Waals surface area contributed by atoms with E-state index >= 15 is 0 Å². The third-order valence-electron chi connectivity index (χ3n) is 5.01. The van der Waals surface area contributed by atoms with Crippen molar-refractivity contribution < 1.29 is 4.79 Å². The minimum atomic E-state index is -0.559. The Labute approximate surface area is 150 Å². The largest absolute Gasteiger partial charge is 0.384 e. The van der Waals surface area contributed by atoms with Gasteiger partial charge in [0.15, 0.2) is 0 Å². The van der Waals surface area contributed by atoms with Crippen LogP contribution in [0.1, 0.15) is 42.2 Å². The van der Waals surface area contributed by atoms with Crippen LogP contribution in [0.15, 0.2) is 23.3 Å². The normalized spacial score (nSPS) is 21.6. The quantitative estimate of drug-likeness (QED) is 0.731. The maximum absolute atomic E-state index is 13.2. The number of hydrogen-bond donors (Lipinski definition) is 3. The Morgan fingerprint density at radius 3 is 2.85 bits per heavy atom. The van der Waals surface area contributed by atoms with E-state index in [0.29, 0.717) is 35.1 Å². The van der Waals surface area contributed by atoms with Crippen LogP contribution >= 0.6 is 0 Å². The summed E-state index contributed by atoms with van der Waals surface area (Å²) in [5.41, 5.74) is 6.26. The fourth-order valence-electron chi connectivity index (χ4n) is 3.76. The summed E-state index contributed by atoms with van der Waals surface area (Å²) in [6.45, 7) is 4.48. The Bertz CT molecular complexity index is 955. The number of carbonyl (C=O) groups is 1. The van der Waals surface area contributed by atoms with E-state index in [4.69, 9.17) is 5.73 Å². The molecule has 1 fully saturated rings. The summed E-state index contributed by atoms with van der Waals surface area (Å²) in [5.74, 6) is 0.509. The van der Waals surface area contributed by atoms with Gasteiger partial charge in [0.2, 0.25) is 0 Å². The molecule has 0 bridgehead atoms. The summed E-state index contributed by atoms with van der Waals surface area (Å²) >= 11 is 0. The molecule has 0 saturated carbocycles. The third-order valence-corrected chi connectivity index (χ3v) is 5.01. The second kappa shape index (κ2) is 5.72. The van der Waals surface area contributed by atoms with Gasteiger partial charge in [-0.25, -0.2) is 14.6 Å². The first-order chi connectivity index (χ1) is 12.4. The first kappa shape index (κ1) is 16.4. The molecule has 0 radical (unpaired) electrons. The number of carbonyl (C=O) groups excluding carboxylic acids is 1. The highest BCUT2D eigenvalue weighted by atomic mass is 16.2. The Hall–Kier alpha value is -3.10. The zero-order chi connectivity index (χ0) is 18.5. The van der Waals surface area contributed by atoms with Crippen molar-refractivity contribution >= 4 is 23.2 Å². The van der Waals surface area contributed by atoms with E-state index in [2.05, 4.69) is 20.6 Å². The number of nitrogens with two attached hydrogens (primary N) is 1. The highest BCUT2D eigenvalue weighted by molar-refractivity contribution is 5.96. The number of hydrogen-bond acceptors (Lipinski definition) is 7. The molecule has 2 aliphatic heterocycles. The van der Waals surface area contributed by atoms with Crippen molar-refractivity contribution in [1.29, 1.82) is 0 Å². The lowest BCUT2D eigenvalue weighted by Gasteiger charge is -2.50. The summed E-state index contributed by atoms with van der Waals surface area (Å²) in [4.78, 5) is 33.8. The van der Waals surface area contributed by atoms with E-state index in [-0.39, 0.29) is 11.5 Å². The second-order valence-electron chi connectivity index (χ2n) is 6.97. The molecule has 2 aliphatic rings. The molecule has 0 spiro atoms. The molecule has 1 unspecified atom stereocenters. The van der Waals surface area contributed by atoms with Crippen LogP contribution in [-0.4, -0.2) is 32.8 Å². The number of aromatic nitrogens is 3. The molecule has 1 atom stereocenters. The minimum Gasteiger partial charge on any atom is -0.384 e. The molecule has 1 saturated heterocycles. The predicted molar refractivity (Wildman–Crippen MR) is 98.0 cm³/mol. The minimum absolute atomic E-state index is 0.224. The predicted octanol–water partition coefficient (Wildman–Crippen LogP) is 0.854. The van der Waals surface area contributed by atoms with Crippen LogP contribution in [0.25, 0.3) is 0 Å². The average Bonchev–Trinajstić information content (AvgIpc) is 2.57. The van der Waals surface area contributed by atoms with Crippen LogP contribution < -0.4 is 26.9 Å². The molecule has 4 heterocycles. The third kappa shape index (κ3) is 2.47. The number of pyridine rings is 1. The molecular formula is C17H21N7O2. The van der Waals surface area contributed by atoms with E-state index in [1.807, 2.05) is 18.9 Å². The van der Waals surface area contributed by atoms with Gasteiger partial charge in [-0.15, -0.1) is 0 Å². The smallest absolute Gasteiger partial charge is 0.293 e. The maximum atomic E-state index is 13.2. The molecular weight excluding hydrogens is 334 g/mol. The summed E-state index contributed by atoms with van der Waals surface area (Å²) in [5, 5.41) is 8.03. The number of nitrogens with one attached hydrogen (secondary N) is 2. The molecule has 0 aromatic carbocycles. The molecule has 0 aliphatic carbocycles. The molecule has 26 heavy (non-hydrogen) atoms. The lowest BCUT2D eigenvalue weighted by molar-refractivity contribution is 0.0798. The average molecular weight is 355 g/mol. The van der Waals surface area contributed by atoms with Crippen molar-refractivity contribution in [3.63, 3.8) is 0 Å². The lowest BCUT2D eigenvalue weighted by atomic mass is 9.96. The van der Waals surface area contributed by atoms with Gasteiger partial charge in [-0.3, -0.25) is 14.6 Å². The van der Waals surface area contributed by atoms with Gasteiger partial charge in [-0.1, -0.05) is 0 Å². The van der Waals surface area contributed by atoms with Crippen molar-refractivity contribution in [2.45, 2.75) is 38.8 Å². The summed E-state index contributed by atoms with van der Waals surface area (Å²) in [7, 11) is 0. The monoisotopic (exact) mass is 355 g/mol. The van der Waals surface area contributed by atoms with Crippen LogP contribution in [0.3, 0.4) is 0 Å². The van der Waals surface area contributed by atoms with Crippen LogP contribution in [0.2, 0.25) is 0 Å². The maximum Gasteiger partial charge on any atom is 0.293 e. The van der Waals surface area contributed by atoms with Gasteiger partial charge >= 0.3 is 0 Å². The first-order valence-corrected chi connectivity index (χ1v) is 8.61. The van der Waals surface area contributed by atoms with Crippen molar-refractivity contribution in [2.24, 2.45) is 0 Å². The molecule has 2 aromatic rings. The number of anilines is 3. The van der Waals surface area contributed by atoms with Gasteiger partial charge < -0.3 is 16.4 Å². The fourth-order valence-corrected chi connectivity index (χ4v) is 3.76. The van der Waals surface area contributed by atoms with Gasteiger partial charge in [0.1, 0.15) is 35.0 Å². The van der Waals surface area contributed by atoms with Crippen LogP contribution in [0, 0.1) is 6.92 Å². The van der Waals surface area contributed by atoms with Gasteiger partial charge in [0, 0.05) is 12.6 Å². The Morgan fingerprint density at radius 1 is 1.27 bits per heavy atom. The Balaban J connectivity index is 1.85. The van der Waals surface area contributed by atoms with Crippen molar-refractivity contribution in [2.75, 3.05) is 22.6 Å². The molecule has 4 rings (SSSR count). The van der Waals surface area contributed by atoms with Crippen molar-refractivity contribution in [3.05, 3.63) is 40.1 Å². The van der Waals surface area contributed by atoms with Gasteiger partial charge in [-0.2, -0.15) is 0 Å². The fraction of sp³-hybridized carbons (Fsp3) is 0.412. The molecule has 4 N–H and O–H groups in total. The SMILES string of the molecule is Cc1cc(Nc2cc(N)ncn2)c(=O)n2c1C(=O)NC1(C)CCCCN21. The standard InChI is InChI=1S/C17H21N7O2/c1-10-7-11(21-13-8-12(18)19-9-20-13)16(26)24-14(10)15(25)22-17(2)5-3-4-6-23(17)24/h7-9H,3-6H2,1-2H3,(H,22,25)(H3,18,19,20,21). The van der Waals surface area contributed by atoms with Crippen LogP contribution in [0.5, 0.6) is 0 Å². The molecule has 9 nitrogen and oxygen atoms in total. The molecule has 2 aromatic heterocycles. The Kier molecular flexibility index (Phi) is 3.60. The number of aryl methyl sites for hydroxylation is 1. The van der Waals surface area contributed by atoms with Gasteiger partial charge in [0.05, 0.1) is 0 Å². The molecule has 9 heteroatoms. The summed E-state index contributed by atoms with van der Waals surface area (Å²) in [6.07, 6.45) is 4.10. The van der Waals surface area contributed by atoms with E-state index < -0.39 is 5.66 Å². The Morgan fingerprint density at radius 2 is 2.08 bits per heavy atom. The van der Waals surface area contributed by atoms with Crippen molar-refractivity contribution in [1.82, 2.24) is 20.0 Å². The highest BCUT2D eigenvalue weighted by Crippen LogP contribution is 2.29. The lowest BCUT2D eigenvalue weighted by Crippen LogP contribution is -2.71. The van der Waals surface area contributed by atoms with E-state index in [1.54, 1.807) is 12.1 Å². The molecule has 136 valence electrons. The van der Waals surface area contributed by atoms with Gasteiger partial charge in [0.25, 0.3) is 11.5 Å². The van der Waals surface area contributed by atoms with Crippen LogP contribution in [0.4, 0.5) is 17.3 Å². The topological polar surface area (TPSA) is 118 Å². The number of rotatable bonds is 2. The zero-order valence-electron chi connectivity index (χ0n) is 14.7. The summed E-state index contributed by atoms with van der Waals surface area (Å²) < 4.78 is 1.51. The number of nitrogens with zero attached hydrogens (tertiary/aromatic N) is 4.